The van der Waals surface area contributed by atoms with Crippen molar-refractivity contribution in [2.45, 2.75) is 38.7 Å². The number of nitrogens with zero attached hydrogens (tertiary/aromatic N) is 3. The summed E-state index contributed by atoms with van der Waals surface area (Å²) in [6.07, 6.45) is 3.46. The summed E-state index contributed by atoms with van der Waals surface area (Å²) in [6.45, 7) is 7.26. The predicted octanol–water partition coefficient (Wildman–Crippen LogP) is 3.36. The smallest absolute Gasteiger partial charge is 0.236 e. The van der Waals surface area contributed by atoms with Crippen molar-refractivity contribution in [3.8, 4) is 11.1 Å². The summed E-state index contributed by atoms with van der Waals surface area (Å²) in [5.41, 5.74) is 9.26. The Bertz CT molecular complexity index is 1130. The van der Waals surface area contributed by atoms with Crippen LogP contribution in [0.3, 0.4) is 0 Å². The topological polar surface area (TPSA) is 92.3 Å². The van der Waals surface area contributed by atoms with Crippen LogP contribution in [-0.4, -0.2) is 28.0 Å². The van der Waals surface area contributed by atoms with E-state index in [-0.39, 0.29) is 5.91 Å². The van der Waals surface area contributed by atoms with Crippen LogP contribution in [0.1, 0.15) is 38.8 Å². The van der Waals surface area contributed by atoms with Gasteiger partial charge in [-0.3, -0.25) is 9.78 Å². The van der Waals surface area contributed by atoms with Crippen molar-refractivity contribution >= 4 is 28.3 Å². The van der Waals surface area contributed by atoms with E-state index >= 15 is 0 Å². The highest BCUT2D eigenvalue weighted by Gasteiger charge is 2.43. The molecular weight excluding hydrogens is 352 g/mol. The minimum Gasteiger partial charge on any atom is -0.386 e. The third-order valence-electron chi connectivity index (χ3n) is 5.58. The number of aromatic nitrogens is 2. The molecule has 6 nitrogen and oxygen atoms in total. The van der Waals surface area contributed by atoms with Gasteiger partial charge >= 0.3 is 0 Å². The predicted molar refractivity (Wildman–Crippen MR) is 111 cm³/mol. The van der Waals surface area contributed by atoms with Crippen molar-refractivity contribution in [1.82, 2.24) is 9.97 Å². The van der Waals surface area contributed by atoms with E-state index in [0.717, 1.165) is 33.3 Å². The number of amides is 1. The van der Waals surface area contributed by atoms with Gasteiger partial charge in [0.15, 0.2) is 0 Å². The van der Waals surface area contributed by atoms with Gasteiger partial charge in [-0.15, -0.1) is 0 Å². The summed E-state index contributed by atoms with van der Waals surface area (Å²) in [4.78, 5) is 23.2. The lowest BCUT2D eigenvalue weighted by atomic mass is 9.83. The number of nitrogen functional groups attached to an aromatic ring is 1. The van der Waals surface area contributed by atoms with Gasteiger partial charge in [-0.05, 0) is 51.5 Å². The number of carbonyl (C=O) groups is 1. The molecule has 0 unspecified atom stereocenters. The number of benzene rings is 1. The zero-order valence-corrected chi connectivity index (χ0v) is 16.7. The number of nitrogens with two attached hydrogens (primary N) is 1. The number of fused-ring (bicyclic) bond motifs is 3. The van der Waals surface area contributed by atoms with Crippen molar-refractivity contribution in [2.24, 2.45) is 0 Å². The molecule has 28 heavy (non-hydrogen) atoms. The van der Waals surface area contributed by atoms with Crippen molar-refractivity contribution in [2.75, 3.05) is 17.7 Å². The molecule has 0 saturated heterocycles. The molecular formula is C22H24N4O2. The van der Waals surface area contributed by atoms with E-state index in [4.69, 9.17) is 5.73 Å². The molecule has 0 atom stereocenters. The van der Waals surface area contributed by atoms with Crippen LogP contribution in [-0.2, 0) is 15.8 Å². The van der Waals surface area contributed by atoms with E-state index in [1.54, 1.807) is 38.2 Å². The molecule has 0 saturated carbocycles. The molecule has 144 valence electrons. The van der Waals surface area contributed by atoms with E-state index in [9.17, 15) is 9.90 Å². The number of carbonyl (C=O) groups excluding carboxylic acids is 1. The maximum absolute atomic E-state index is 12.7. The molecule has 4 rings (SSSR count). The lowest BCUT2D eigenvalue weighted by molar-refractivity contribution is -0.121. The first-order valence-electron chi connectivity index (χ1n) is 9.22. The van der Waals surface area contributed by atoms with Crippen molar-refractivity contribution < 1.29 is 9.90 Å². The van der Waals surface area contributed by atoms with E-state index in [1.807, 2.05) is 38.1 Å². The number of pyridine rings is 2. The first-order chi connectivity index (χ1) is 13.0. The van der Waals surface area contributed by atoms with E-state index in [2.05, 4.69) is 9.97 Å². The Labute approximate surface area is 164 Å². The molecule has 3 aromatic rings. The van der Waals surface area contributed by atoms with Gasteiger partial charge in [0.05, 0.1) is 28.4 Å². The second-order valence-corrected chi connectivity index (χ2v) is 8.46. The molecule has 0 spiro atoms. The van der Waals surface area contributed by atoms with Gasteiger partial charge in [0, 0.05) is 35.3 Å². The zero-order valence-electron chi connectivity index (χ0n) is 16.7. The van der Waals surface area contributed by atoms with Crippen LogP contribution in [0.5, 0.6) is 0 Å². The van der Waals surface area contributed by atoms with Gasteiger partial charge in [-0.1, -0.05) is 6.07 Å². The van der Waals surface area contributed by atoms with Gasteiger partial charge in [0.2, 0.25) is 5.91 Å². The highest BCUT2D eigenvalue weighted by molar-refractivity contribution is 6.11. The van der Waals surface area contributed by atoms with Crippen LogP contribution in [0.4, 0.5) is 11.5 Å². The third kappa shape index (κ3) is 2.56. The Morgan fingerprint density at radius 1 is 1.11 bits per heavy atom. The monoisotopic (exact) mass is 376 g/mol. The molecule has 0 bridgehead atoms. The van der Waals surface area contributed by atoms with Gasteiger partial charge in [0.25, 0.3) is 0 Å². The summed E-state index contributed by atoms with van der Waals surface area (Å²) in [7, 11) is 1.78. The highest BCUT2D eigenvalue weighted by atomic mass is 16.3. The van der Waals surface area contributed by atoms with E-state index in [0.29, 0.717) is 11.4 Å². The van der Waals surface area contributed by atoms with Crippen molar-refractivity contribution in [3.05, 3.63) is 47.8 Å². The van der Waals surface area contributed by atoms with Gasteiger partial charge in [-0.25, -0.2) is 4.98 Å². The molecule has 0 aliphatic carbocycles. The highest BCUT2D eigenvalue weighted by Crippen LogP contribution is 2.44. The van der Waals surface area contributed by atoms with E-state index in [1.165, 1.54) is 0 Å². The molecule has 3 heterocycles. The number of anilines is 2. The first-order valence-corrected chi connectivity index (χ1v) is 9.22. The number of likely N-dealkylation sites (N-methyl/N-ethyl adjacent to an activating group) is 1. The Morgan fingerprint density at radius 3 is 2.50 bits per heavy atom. The molecule has 1 amide bonds. The van der Waals surface area contributed by atoms with Crippen LogP contribution < -0.4 is 10.6 Å². The third-order valence-corrected chi connectivity index (χ3v) is 5.58. The molecule has 0 radical (unpaired) electrons. The normalized spacial score (nSPS) is 15.9. The number of hydrogen-bond acceptors (Lipinski definition) is 5. The van der Waals surface area contributed by atoms with Gasteiger partial charge < -0.3 is 15.7 Å². The van der Waals surface area contributed by atoms with Gasteiger partial charge in [-0.2, -0.15) is 0 Å². The van der Waals surface area contributed by atoms with Crippen LogP contribution in [0.25, 0.3) is 22.0 Å². The van der Waals surface area contributed by atoms with Crippen LogP contribution >= 0.6 is 0 Å². The SMILES string of the molecule is CN1C(=O)C(C)(C)c2c1cnc1ccc(-c3cnc(N)c(C(C)(C)O)c3)cc21. The second kappa shape index (κ2) is 5.75. The van der Waals surface area contributed by atoms with Crippen molar-refractivity contribution in [1.29, 1.82) is 0 Å². The fourth-order valence-corrected chi connectivity index (χ4v) is 4.03. The maximum atomic E-state index is 12.7. The average Bonchev–Trinajstić information content (AvgIpc) is 2.81. The minimum atomic E-state index is -1.09. The minimum absolute atomic E-state index is 0.0562. The van der Waals surface area contributed by atoms with Crippen LogP contribution in [0.15, 0.2) is 36.7 Å². The number of hydrogen-bond donors (Lipinski definition) is 2. The largest absolute Gasteiger partial charge is 0.386 e. The lowest BCUT2D eigenvalue weighted by Crippen LogP contribution is -2.33. The fraction of sp³-hybridized carbons (Fsp3) is 0.318. The van der Waals surface area contributed by atoms with Gasteiger partial charge in [0.1, 0.15) is 5.82 Å². The standard InChI is InChI=1S/C22H24N4O2/c1-21(2)18-14-8-12(13-9-15(22(3,4)28)19(23)25-10-13)6-7-16(14)24-11-17(18)26(5)20(21)27/h6-11,28H,1-5H3,(H2,23,25). The molecule has 1 aromatic carbocycles. The second-order valence-electron chi connectivity index (χ2n) is 8.46. The summed E-state index contributed by atoms with van der Waals surface area (Å²) in [5, 5.41) is 11.3. The fourth-order valence-electron chi connectivity index (χ4n) is 4.03. The molecule has 2 aromatic heterocycles. The maximum Gasteiger partial charge on any atom is 0.236 e. The molecule has 3 N–H and O–H groups in total. The first kappa shape index (κ1) is 18.4. The number of aliphatic hydroxyl groups is 1. The summed E-state index contributed by atoms with van der Waals surface area (Å²) in [5.74, 6) is 0.369. The Balaban J connectivity index is 1.96. The lowest BCUT2D eigenvalue weighted by Gasteiger charge is -2.20. The molecule has 6 heteroatoms. The Hall–Kier alpha value is -2.99. The Kier molecular flexibility index (Phi) is 3.78. The molecule has 0 fully saturated rings. The van der Waals surface area contributed by atoms with Crippen LogP contribution in [0.2, 0.25) is 0 Å². The van der Waals surface area contributed by atoms with Crippen LogP contribution in [0, 0.1) is 0 Å². The summed E-state index contributed by atoms with van der Waals surface area (Å²) in [6, 6.07) is 7.82. The number of rotatable bonds is 2. The quantitative estimate of drug-likeness (QED) is 0.715. The summed E-state index contributed by atoms with van der Waals surface area (Å²) < 4.78 is 0. The summed E-state index contributed by atoms with van der Waals surface area (Å²) >= 11 is 0. The average molecular weight is 376 g/mol. The zero-order chi connectivity index (χ0) is 20.4. The molecule has 1 aliphatic heterocycles. The Morgan fingerprint density at radius 2 is 1.82 bits per heavy atom. The molecule has 1 aliphatic rings. The van der Waals surface area contributed by atoms with Crippen molar-refractivity contribution in [3.63, 3.8) is 0 Å². The van der Waals surface area contributed by atoms with E-state index < -0.39 is 11.0 Å².